The molecule has 0 amide bonds. The van der Waals surface area contributed by atoms with Crippen LogP contribution >= 0.6 is 0 Å². The average molecular weight is 389 g/mol. The summed E-state index contributed by atoms with van der Waals surface area (Å²) < 4.78 is 21.6. The molecule has 1 N–H and O–H groups in total. The Morgan fingerprint density at radius 3 is 2.21 bits per heavy atom. The van der Waals surface area contributed by atoms with E-state index in [1.165, 1.54) is 0 Å². The lowest BCUT2D eigenvalue weighted by Gasteiger charge is -2.25. The third kappa shape index (κ3) is 7.86. The van der Waals surface area contributed by atoms with Crippen LogP contribution in [0.1, 0.15) is 11.1 Å². The molecule has 1 atom stereocenters. The van der Waals surface area contributed by atoms with Crippen LogP contribution in [-0.4, -0.2) is 63.7 Å². The summed E-state index contributed by atoms with van der Waals surface area (Å²) in [5.74, 6) is 1.49. The van der Waals surface area contributed by atoms with Gasteiger partial charge in [0.15, 0.2) is 0 Å². The smallest absolute Gasteiger partial charge is 0.122 e. The third-order valence-electron chi connectivity index (χ3n) is 4.32. The van der Waals surface area contributed by atoms with Crippen LogP contribution in [0.2, 0.25) is 0 Å². The maximum atomic E-state index is 10.4. The van der Waals surface area contributed by atoms with Crippen LogP contribution in [0, 0.1) is 0 Å². The fourth-order valence-corrected chi connectivity index (χ4v) is 2.91. The van der Waals surface area contributed by atoms with Gasteiger partial charge in [0.2, 0.25) is 0 Å². The second-order valence-electron chi connectivity index (χ2n) is 6.60. The molecule has 28 heavy (non-hydrogen) atoms. The van der Waals surface area contributed by atoms with Crippen molar-refractivity contribution in [2.45, 2.75) is 19.3 Å². The summed E-state index contributed by atoms with van der Waals surface area (Å²) in [7, 11) is 4.94. The number of ether oxygens (including phenoxy) is 4. The van der Waals surface area contributed by atoms with Gasteiger partial charge in [0.1, 0.15) is 11.5 Å². The highest BCUT2D eigenvalue weighted by atomic mass is 16.5. The largest absolute Gasteiger partial charge is 0.497 e. The summed E-state index contributed by atoms with van der Waals surface area (Å²) in [5, 5.41) is 10.4. The van der Waals surface area contributed by atoms with Crippen LogP contribution in [0.3, 0.4) is 0 Å². The van der Waals surface area contributed by atoms with E-state index in [0.29, 0.717) is 32.8 Å². The molecule has 0 unspecified atom stereocenters. The van der Waals surface area contributed by atoms with Gasteiger partial charge in [-0.05, 0) is 23.3 Å². The standard InChI is InChI=1S/C22H31NO5/c1-25-10-9-23(14-19-11-21(26-2)13-22(12-19)27-3)15-20(24)17-28-16-18-7-5-4-6-8-18/h4-8,11-13,20,24H,9-10,14-17H2,1-3H3/t20-/m1/s1. The maximum Gasteiger partial charge on any atom is 0.122 e. The number of methoxy groups -OCH3 is 3. The minimum absolute atomic E-state index is 0.278. The van der Waals surface area contributed by atoms with Crippen LogP contribution in [0.25, 0.3) is 0 Å². The van der Waals surface area contributed by atoms with E-state index in [2.05, 4.69) is 4.90 Å². The lowest BCUT2D eigenvalue weighted by atomic mass is 10.1. The number of hydrogen-bond donors (Lipinski definition) is 1. The summed E-state index contributed by atoms with van der Waals surface area (Å²) in [6, 6.07) is 15.7. The highest BCUT2D eigenvalue weighted by molar-refractivity contribution is 5.38. The first-order chi connectivity index (χ1) is 13.6. The molecule has 2 aromatic rings. The highest BCUT2D eigenvalue weighted by Gasteiger charge is 2.14. The van der Waals surface area contributed by atoms with E-state index in [1.807, 2.05) is 48.5 Å². The summed E-state index contributed by atoms with van der Waals surface area (Å²) in [5.41, 5.74) is 2.14. The van der Waals surface area contributed by atoms with E-state index >= 15 is 0 Å². The van der Waals surface area contributed by atoms with Crippen molar-refractivity contribution in [3.8, 4) is 11.5 Å². The average Bonchev–Trinajstić information content (AvgIpc) is 2.72. The molecular formula is C22H31NO5. The van der Waals surface area contributed by atoms with Gasteiger partial charge >= 0.3 is 0 Å². The Labute approximate surface area is 167 Å². The molecule has 0 aromatic heterocycles. The first-order valence-corrected chi connectivity index (χ1v) is 9.37. The minimum atomic E-state index is -0.590. The van der Waals surface area contributed by atoms with Gasteiger partial charge < -0.3 is 24.1 Å². The third-order valence-corrected chi connectivity index (χ3v) is 4.32. The zero-order valence-corrected chi connectivity index (χ0v) is 17.0. The normalized spacial score (nSPS) is 12.2. The van der Waals surface area contributed by atoms with Crippen molar-refractivity contribution in [2.24, 2.45) is 0 Å². The number of aliphatic hydroxyl groups is 1. The quantitative estimate of drug-likeness (QED) is 0.568. The Morgan fingerprint density at radius 2 is 1.61 bits per heavy atom. The number of hydrogen-bond acceptors (Lipinski definition) is 6. The molecule has 0 fully saturated rings. The van der Waals surface area contributed by atoms with Gasteiger partial charge in [-0.25, -0.2) is 0 Å². The van der Waals surface area contributed by atoms with Crippen LogP contribution in [0.5, 0.6) is 11.5 Å². The van der Waals surface area contributed by atoms with Crippen LogP contribution in [0.15, 0.2) is 48.5 Å². The number of benzene rings is 2. The molecule has 0 aliphatic heterocycles. The molecular weight excluding hydrogens is 358 g/mol. The highest BCUT2D eigenvalue weighted by Crippen LogP contribution is 2.23. The van der Waals surface area contributed by atoms with E-state index in [9.17, 15) is 5.11 Å². The topological polar surface area (TPSA) is 60.4 Å². The Bertz CT molecular complexity index is 658. The second-order valence-corrected chi connectivity index (χ2v) is 6.60. The zero-order valence-electron chi connectivity index (χ0n) is 17.0. The Hall–Kier alpha value is -2.12. The van der Waals surface area contributed by atoms with Gasteiger partial charge in [0.05, 0.1) is 40.1 Å². The molecule has 0 aliphatic rings. The first-order valence-electron chi connectivity index (χ1n) is 9.37. The van der Waals surface area contributed by atoms with Crippen molar-refractivity contribution in [3.05, 3.63) is 59.7 Å². The van der Waals surface area contributed by atoms with Crippen molar-refractivity contribution in [1.29, 1.82) is 0 Å². The summed E-state index contributed by atoms with van der Waals surface area (Å²) >= 11 is 0. The van der Waals surface area contributed by atoms with E-state index in [4.69, 9.17) is 18.9 Å². The van der Waals surface area contributed by atoms with Gasteiger partial charge in [0.25, 0.3) is 0 Å². The summed E-state index contributed by atoms with van der Waals surface area (Å²) in [6.07, 6.45) is -0.590. The van der Waals surface area contributed by atoms with Crippen molar-refractivity contribution in [1.82, 2.24) is 4.90 Å². The van der Waals surface area contributed by atoms with Crippen molar-refractivity contribution < 1.29 is 24.1 Å². The van der Waals surface area contributed by atoms with Gasteiger partial charge in [-0.3, -0.25) is 4.90 Å². The van der Waals surface area contributed by atoms with Crippen LogP contribution < -0.4 is 9.47 Å². The molecule has 0 heterocycles. The van der Waals surface area contributed by atoms with Gasteiger partial charge in [0, 0.05) is 32.8 Å². The van der Waals surface area contributed by atoms with E-state index in [1.54, 1.807) is 21.3 Å². The van der Waals surface area contributed by atoms with Crippen LogP contribution in [0.4, 0.5) is 0 Å². The Morgan fingerprint density at radius 1 is 0.929 bits per heavy atom. The molecule has 6 heteroatoms. The van der Waals surface area contributed by atoms with E-state index < -0.39 is 6.10 Å². The maximum absolute atomic E-state index is 10.4. The number of nitrogens with zero attached hydrogens (tertiary/aromatic N) is 1. The molecule has 0 saturated heterocycles. The second kappa shape index (κ2) is 12.4. The van der Waals surface area contributed by atoms with Gasteiger partial charge in [-0.15, -0.1) is 0 Å². The monoisotopic (exact) mass is 389 g/mol. The SMILES string of the molecule is COCCN(Cc1cc(OC)cc(OC)c1)C[C@@H](O)COCc1ccccc1. The van der Waals surface area contributed by atoms with Crippen molar-refractivity contribution >= 4 is 0 Å². The molecule has 0 aliphatic carbocycles. The number of rotatable bonds is 13. The fraction of sp³-hybridized carbons (Fsp3) is 0.455. The molecule has 2 rings (SSSR count). The predicted molar refractivity (Wildman–Crippen MR) is 109 cm³/mol. The number of aliphatic hydroxyl groups excluding tert-OH is 1. The molecule has 0 bridgehead atoms. The zero-order chi connectivity index (χ0) is 20.2. The van der Waals surface area contributed by atoms with E-state index in [0.717, 1.165) is 22.6 Å². The van der Waals surface area contributed by atoms with Crippen LogP contribution in [-0.2, 0) is 22.6 Å². The molecule has 6 nitrogen and oxygen atoms in total. The molecule has 154 valence electrons. The summed E-state index contributed by atoms with van der Waals surface area (Å²) in [4.78, 5) is 2.13. The van der Waals surface area contributed by atoms with Gasteiger partial charge in [-0.1, -0.05) is 30.3 Å². The van der Waals surface area contributed by atoms with Crippen molar-refractivity contribution in [3.63, 3.8) is 0 Å². The van der Waals surface area contributed by atoms with E-state index in [-0.39, 0.29) is 6.61 Å². The molecule has 2 aromatic carbocycles. The molecule has 0 radical (unpaired) electrons. The first kappa shape index (κ1) is 22.2. The molecule has 0 spiro atoms. The Balaban J connectivity index is 1.91. The minimum Gasteiger partial charge on any atom is -0.497 e. The summed E-state index contributed by atoms with van der Waals surface area (Å²) in [6.45, 7) is 3.18. The van der Waals surface area contributed by atoms with Crippen molar-refractivity contribution in [2.75, 3.05) is 47.6 Å². The fourth-order valence-electron chi connectivity index (χ4n) is 2.91. The lowest BCUT2D eigenvalue weighted by molar-refractivity contribution is 0.00478. The Kier molecular flexibility index (Phi) is 9.79. The molecule has 0 saturated carbocycles. The van der Waals surface area contributed by atoms with Gasteiger partial charge in [-0.2, -0.15) is 0 Å². The lowest BCUT2D eigenvalue weighted by Crippen LogP contribution is -2.36. The predicted octanol–water partition coefficient (Wildman–Crippen LogP) is 2.73.